The Labute approximate surface area is 92.2 Å². The van der Waals surface area contributed by atoms with Crippen molar-refractivity contribution in [2.24, 2.45) is 0 Å². The van der Waals surface area contributed by atoms with Crippen molar-refractivity contribution < 1.29 is 19.4 Å². The summed E-state index contributed by atoms with van der Waals surface area (Å²) in [7, 11) is 1.58. The smallest absolute Gasteiger partial charge is 0.339 e. The van der Waals surface area contributed by atoms with Gasteiger partial charge in [0.1, 0.15) is 17.2 Å². The first-order valence-corrected chi connectivity index (χ1v) is 4.70. The fourth-order valence-electron chi connectivity index (χ4n) is 1.38. The molecule has 0 amide bonds. The molecule has 1 aromatic heterocycles. The second-order valence-electron chi connectivity index (χ2n) is 3.56. The molecule has 16 heavy (non-hydrogen) atoms. The number of carboxylic acids is 1. The summed E-state index contributed by atoms with van der Waals surface area (Å²) < 4.78 is 12.8. The number of aliphatic hydroxyl groups is 1. The average molecular weight is 228 g/mol. The zero-order chi connectivity index (χ0) is 12.3. The number of hydrogen-bond donors (Lipinski definition) is 2. The van der Waals surface area contributed by atoms with Crippen molar-refractivity contribution in [2.45, 2.75) is 13.0 Å². The largest absolute Gasteiger partial charge is 0.478 e. The highest BCUT2D eigenvalue weighted by Gasteiger charge is 2.17. The second kappa shape index (κ2) is 4.89. The van der Waals surface area contributed by atoms with E-state index in [1.807, 2.05) is 0 Å². The molecule has 0 radical (unpaired) electrons. The third-order valence-electron chi connectivity index (χ3n) is 1.96. The van der Waals surface area contributed by atoms with E-state index in [-0.39, 0.29) is 17.9 Å². The molecule has 1 rings (SSSR count). The molecule has 0 fully saturated rings. The van der Waals surface area contributed by atoms with Crippen LogP contribution in [0, 0.1) is 5.82 Å². The Hall–Kier alpha value is -1.69. The summed E-state index contributed by atoms with van der Waals surface area (Å²) >= 11 is 0. The first kappa shape index (κ1) is 12.4. The third-order valence-corrected chi connectivity index (χ3v) is 1.96. The number of anilines is 1. The maximum absolute atomic E-state index is 12.8. The summed E-state index contributed by atoms with van der Waals surface area (Å²) in [6.45, 7) is 1.79. The average Bonchev–Trinajstić information content (AvgIpc) is 2.16. The summed E-state index contributed by atoms with van der Waals surface area (Å²) in [6.07, 6.45) is 0.318. The molecule has 0 aliphatic heterocycles. The number of aliphatic hydroxyl groups excluding tert-OH is 1. The second-order valence-corrected chi connectivity index (χ2v) is 3.56. The molecule has 1 aromatic rings. The molecule has 0 spiro atoms. The molecule has 1 unspecified atom stereocenters. The van der Waals surface area contributed by atoms with E-state index in [0.717, 1.165) is 12.3 Å². The van der Waals surface area contributed by atoms with Crippen LogP contribution in [0.1, 0.15) is 17.3 Å². The predicted molar refractivity (Wildman–Crippen MR) is 56.1 cm³/mol. The monoisotopic (exact) mass is 228 g/mol. The maximum Gasteiger partial charge on any atom is 0.339 e. The van der Waals surface area contributed by atoms with E-state index >= 15 is 0 Å². The van der Waals surface area contributed by atoms with Gasteiger partial charge in [-0.3, -0.25) is 0 Å². The Morgan fingerprint density at radius 2 is 2.31 bits per heavy atom. The summed E-state index contributed by atoms with van der Waals surface area (Å²) in [5, 5.41) is 18.1. The van der Waals surface area contributed by atoms with Crippen molar-refractivity contribution in [1.82, 2.24) is 4.98 Å². The van der Waals surface area contributed by atoms with Crippen molar-refractivity contribution in [3.8, 4) is 0 Å². The minimum atomic E-state index is -1.25. The minimum Gasteiger partial charge on any atom is -0.478 e. The van der Waals surface area contributed by atoms with Crippen LogP contribution in [0.2, 0.25) is 0 Å². The van der Waals surface area contributed by atoms with E-state index in [0.29, 0.717) is 0 Å². The van der Waals surface area contributed by atoms with Gasteiger partial charge in [0.05, 0.1) is 12.3 Å². The summed E-state index contributed by atoms with van der Waals surface area (Å²) in [5.74, 6) is -1.82. The lowest BCUT2D eigenvalue weighted by molar-refractivity contribution is 0.0696. The lowest BCUT2D eigenvalue weighted by Crippen LogP contribution is -2.29. The van der Waals surface area contributed by atoms with E-state index in [4.69, 9.17) is 5.11 Å². The number of rotatable bonds is 4. The van der Waals surface area contributed by atoms with Gasteiger partial charge in [0.25, 0.3) is 0 Å². The lowest BCUT2D eigenvalue weighted by Gasteiger charge is -2.21. The molecule has 0 saturated heterocycles. The molecular weight excluding hydrogens is 215 g/mol. The zero-order valence-corrected chi connectivity index (χ0v) is 9.01. The van der Waals surface area contributed by atoms with Gasteiger partial charge in [0, 0.05) is 13.6 Å². The summed E-state index contributed by atoms with van der Waals surface area (Å²) in [6, 6.07) is 0.906. The fourth-order valence-corrected chi connectivity index (χ4v) is 1.38. The van der Waals surface area contributed by atoms with Gasteiger partial charge in [-0.25, -0.2) is 14.2 Å². The molecule has 0 saturated carbocycles. The number of hydrogen-bond acceptors (Lipinski definition) is 4. The number of carbonyl (C=O) groups is 1. The van der Waals surface area contributed by atoms with Crippen LogP contribution < -0.4 is 4.90 Å². The highest BCUT2D eigenvalue weighted by molar-refractivity contribution is 5.93. The predicted octanol–water partition coefficient (Wildman–Crippen LogP) is 0.736. The molecule has 0 aromatic carbocycles. The molecule has 1 heterocycles. The van der Waals surface area contributed by atoms with Crippen LogP contribution in [0.3, 0.4) is 0 Å². The van der Waals surface area contributed by atoms with Crippen LogP contribution in [-0.4, -0.2) is 40.9 Å². The topological polar surface area (TPSA) is 73.7 Å². The number of aromatic nitrogens is 1. The van der Waals surface area contributed by atoms with Gasteiger partial charge in [0.2, 0.25) is 0 Å². The number of carboxylic acid groups (broad SMARTS) is 1. The van der Waals surface area contributed by atoms with Crippen molar-refractivity contribution in [3.63, 3.8) is 0 Å². The van der Waals surface area contributed by atoms with Crippen LogP contribution >= 0.6 is 0 Å². The van der Waals surface area contributed by atoms with E-state index in [9.17, 15) is 14.3 Å². The molecule has 6 heteroatoms. The normalized spacial score (nSPS) is 12.2. The SMILES string of the molecule is CC(O)CN(C)c1ncc(F)cc1C(=O)O. The Bertz CT molecular complexity index is 396. The third kappa shape index (κ3) is 2.90. The molecule has 0 aliphatic carbocycles. The quantitative estimate of drug-likeness (QED) is 0.795. The Kier molecular flexibility index (Phi) is 3.78. The molecule has 88 valence electrons. The van der Waals surface area contributed by atoms with Crippen LogP contribution in [-0.2, 0) is 0 Å². The zero-order valence-electron chi connectivity index (χ0n) is 9.01. The van der Waals surface area contributed by atoms with Gasteiger partial charge in [-0.15, -0.1) is 0 Å². The van der Waals surface area contributed by atoms with Gasteiger partial charge in [-0.05, 0) is 13.0 Å². The molecule has 5 nitrogen and oxygen atoms in total. The maximum atomic E-state index is 12.8. The van der Waals surface area contributed by atoms with E-state index < -0.39 is 17.9 Å². The van der Waals surface area contributed by atoms with E-state index in [2.05, 4.69) is 4.98 Å². The number of halogens is 1. The highest BCUT2D eigenvalue weighted by atomic mass is 19.1. The fraction of sp³-hybridized carbons (Fsp3) is 0.400. The van der Waals surface area contributed by atoms with Crippen molar-refractivity contribution in [3.05, 3.63) is 23.6 Å². The molecule has 0 aliphatic rings. The Morgan fingerprint density at radius 1 is 1.69 bits per heavy atom. The molecule has 0 bridgehead atoms. The lowest BCUT2D eigenvalue weighted by atomic mass is 10.2. The van der Waals surface area contributed by atoms with Gasteiger partial charge in [-0.2, -0.15) is 0 Å². The first-order chi connectivity index (χ1) is 7.41. The highest BCUT2D eigenvalue weighted by Crippen LogP contribution is 2.17. The molecule has 2 N–H and O–H groups in total. The number of nitrogens with zero attached hydrogens (tertiary/aromatic N) is 2. The number of likely N-dealkylation sites (N-methyl/N-ethyl adjacent to an activating group) is 1. The standard InChI is InChI=1S/C10H13FN2O3/c1-6(14)5-13(2)9-8(10(15)16)3-7(11)4-12-9/h3-4,6,14H,5H2,1-2H3,(H,15,16). The summed E-state index contributed by atoms with van der Waals surface area (Å²) in [4.78, 5) is 16.0. The van der Waals surface area contributed by atoms with Crippen molar-refractivity contribution in [2.75, 3.05) is 18.5 Å². The molecule has 1 atom stereocenters. The summed E-state index contributed by atoms with van der Waals surface area (Å²) in [5.41, 5.74) is -0.219. The van der Waals surface area contributed by atoms with Crippen LogP contribution in [0.4, 0.5) is 10.2 Å². The minimum absolute atomic E-state index is 0.134. The van der Waals surface area contributed by atoms with Crippen LogP contribution in [0.5, 0.6) is 0 Å². The van der Waals surface area contributed by atoms with Gasteiger partial charge in [0.15, 0.2) is 0 Å². The van der Waals surface area contributed by atoms with E-state index in [1.165, 1.54) is 4.90 Å². The van der Waals surface area contributed by atoms with Crippen molar-refractivity contribution >= 4 is 11.8 Å². The van der Waals surface area contributed by atoms with Crippen molar-refractivity contribution in [1.29, 1.82) is 0 Å². The number of pyridine rings is 1. The van der Waals surface area contributed by atoms with E-state index in [1.54, 1.807) is 14.0 Å². The van der Waals surface area contributed by atoms with Crippen LogP contribution in [0.15, 0.2) is 12.3 Å². The van der Waals surface area contributed by atoms with Gasteiger partial charge >= 0.3 is 5.97 Å². The number of aromatic carboxylic acids is 1. The first-order valence-electron chi connectivity index (χ1n) is 4.70. The Morgan fingerprint density at radius 3 is 2.81 bits per heavy atom. The molecular formula is C10H13FN2O3. The van der Waals surface area contributed by atoms with Gasteiger partial charge in [-0.1, -0.05) is 0 Å². The Balaban J connectivity index is 3.07. The van der Waals surface area contributed by atoms with Crippen LogP contribution in [0.25, 0.3) is 0 Å². The van der Waals surface area contributed by atoms with Gasteiger partial charge < -0.3 is 15.1 Å².